The van der Waals surface area contributed by atoms with E-state index in [0.717, 1.165) is 0 Å². The smallest absolute Gasteiger partial charge is 0.261 e. The standard InChI is InChI=1S/C12H15BrF3NO/c13-9-2-1-8(11(14)6-9)5-10(17)3-4-18-7-12(15)16/h1-2,6,10,12H,3-5,7,17H2. The molecule has 18 heavy (non-hydrogen) atoms. The summed E-state index contributed by atoms with van der Waals surface area (Å²) >= 11 is 3.17. The van der Waals surface area contributed by atoms with Crippen molar-refractivity contribution in [3.63, 3.8) is 0 Å². The van der Waals surface area contributed by atoms with Crippen LogP contribution >= 0.6 is 15.9 Å². The lowest BCUT2D eigenvalue weighted by molar-refractivity contribution is 0.0152. The maximum Gasteiger partial charge on any atom is 0.261 e. The van der Waals surface area contributed by atoms with E-state index in [9.17, 15) is 13.2 Å². The van der Waals surface area contributed by atoms with Gasteiger partial charge in [0.1, 0.15) is 12.4 Å². The molecule has 0 aliphatic heterocycles. The largest absolute Gasteiger partial charge is 0.375 e. The van der Waals surface area contributed by atoms with E-state index < -0.39 is 13.0 Å². The van der Waals surface area contributed by atoms with E-state index in [2.05, 4.69) is 15.9 Å². The first-order valence-corrected chi connectivity index (χ1v) is 6.33. The molecule has 1 aromatic rings. The van der Waals surface area contributed by atoms with Crippen molar-refractivity contribution in [2.24, 2.45) is 5.73 Å². The minimum absolute atomic E-state index is 0.156. The van der Waals surface area contributed by atoms with Crippen molar-refractivity contribution in [2.75, 3.05) is 13.2 Å². The van der Waals surface area contributed by atoms with Crippen molar-refractivity contribution >= 4 is 15.9 Å². The van der Waals surface area contributed by atoms with Gasteiger partial charge in [-0.1, -0.05) is 22.0 Å². The monoisotopic (exact) mass is 325 g/mol. The molecule has 0 heterocycles. The van der Waals surface area contributed by atoms with Gasteiger partial charge in [0, 0.05) is 17.1 Å². The quantitative estimate of drug-likeness (QED) is 0.782. The Bertz CT molecular complexity index is 376. The van der Waals surface area contributed by atoms with Crippen LogP contribution in [-0.2, 0) is 11.2 Å². The lowest BCUT2D eigenvalue weighted by atomic mass is 10.0. The Balaban J connectivity index is 2.33. The molecule has 1 rings (SSSR count). The van der Waals surface area contributed by atoms with Crippen LogP contribution in [0.3, 0.4) is 0 Å². The molecule has 1 aromatic carbocycles. The van der Waals surface area contributed by atoms with Crippen molar-refractivity contribution in [1.82, 2.24) is 0 Å². The van der Waals surface area contributed by atoms with E-state index in [1.807, 2.05) is 0 Å². The van der Waals surface area contributed by atoms with Crippen molar-refractivity contribution in [2.45, 2.75) is 25.3 Å². The van der Waals surface area contributed by atoms with Gasteiger partial charge in [-0.15, -0.1) is 0 Å². The summed E-state index contributed by atoms with van der Waals surface area (Å²) in [7, 11) is 0. The van der Waals surface area contributed by atoms with Crippen LogP contribution in [0.5, 0.6) is 0 Å². The minimum Gasteiger partial charge on any atom is -0.375 e. The first-order valence-electron chi connectivity index (χ1n) is 5.54. The zero-order chi connectivity index (χ0) is 13.5. The first-order chi connectivity index (χ1) is 8.49. The number of hydrogen-bond donors (Lipinski definition) is 1. The number of hydrogen-bond acceptors (Lipinski definition) is 2. The SMILES string of the molecule is NC(CCOCC(F)F)Cc1ccc(Br)cc1F. The van der Waals surface area contributed by atoms with Crippen molar-refractivity contribution in [1.29, 1.82) is 0 Å². The van der Waals surface area contributed by atoms with Gasteiger partial charge in [0.2, 0.25) is 0 Å². The molecule has 0 spiro atoms. The Kier molecular flexibility index (Phi) is 6.67. The highest BCUT2D eigenvalue weighted by atomic mass is 79.9. The third-order valence-electron chi connectivity index (χ3n) is 2.37. The summed E-state index contributed by atoms with van der Waals surface area (Å²) in [6.07, 6.45) is -1.69. The highest BCUT2D eigenvalue weighted by Gasteiger charge is 2.09. The van der Waals surface area contributed by atoms with Crippen LogP contribution in [0.25, 0.3) is 0 Å². The summed E-state index contributed by atoms with van der Waals surface area (Å²) in [5.41, 5.74) is 6.30. The number of halogens is 4. The fourth-order valence-corrected chi connectivity index (χ4v) is 1.81. The second-order valence-corrected chi connectivity index (χ2v) is 4.87. The van der Waals surface area contributed by atoms with Crippen LogP contribution in [0.4, 0.5) is 13.2 Å². The predicted molar refractivity (Wildman–Crippen MR) is 67.2 cm³/mol. The molecular weight excluding hydrogens is 311 g/mol. The average Bonchev–Trinajstić information content (AvgIpc) is 2.28. The molecular formula is C12H15BrF3NO. The van der Waals surface area contributed by atoms with Crippen molar-refractivity contribution in [3.05, 3.63) is 34.1 Å². The average molecular weight is 326 g/mol. The summed E-state index contributed by atoms with van der Waals surface area (Å²) in [6, 6.07) is 4.45. The summed E-state index contributed by atoms with van der Waals surface area (Å²) in [5, 5.41) is 0. The zero-order valence-corrected chi connectivity index (χ0v) is 11.3. The second-order valence-electron chi connectivity index (χ2n) is 3.95. The van der Waals surface area contributed by atoms with Gasteiger partial charge in [0.25, 0.3) is 6.43 Å². The first kappa shape index (κ1) is 15.5. The van der Waals surface area contributed by atoms with Crippen molar-refractivity contribution < 1.29 is 17.9 Å². The zero-order valence-electron chi connectivity index (χ0n) is 9.71. The van der Waals surface area contributed by atoms with E-state index in [-0.39, 0.29) is 18.5 Å². The molecule has 0 aromatic heterocycles. The van der Waals surface area contributed by atoms with Gasteiger partial charge in [-0.3, -0.25) is 0 Å². The number of alkyl halides is 2. The third kappa shape index (κ3) is 5.84. The number of nitrogens with two attached hydrogens (primary N) is 1. The van der Waals surface area contributed by atoms with E-state index in [1.165, 1.54) is 6.07 Å². The van der Waals surface area contributed by atoms with Gasteiger partial charge in [-0.25, -0.2) is 13.2 Å². The van der Waals surface area contributed by atoms with Gasteiger partial charge in [-0.05, 0) is 30.5 Å². The predicted octanol–water partition coefficient (Wildman–Crippen LogP) is 3.13. The molecule has 0 aliphatic rings. The Morgan fingerprint density at radius 3 is 2.67 bits per heavy atom. The van der Waals surface area contributed by atoms with E-state index in [4.69, 9.17) is 10.5 Å². The Labute approximate surface area is 112 Å². The minimum atomic E-state index is -2.47. The molecule has 0 saturated heterocycles. The molecule has 2 nitrogen and oxygen atoms in total. The van der Waals surface area contributed by atoms with E-state index >= 15 is 0 Å². The Morgan fingerprint density at radius 1 is 1.33 bits per heavy atom. The molecule has 0 radical (unpaired) electrons. The number of rotatable bonds is 7. The number of benzene rings is 1. The van der Waals surface area contributed by atoms with Crippen LogP contribution < -0.4 is 5.73 Å². The van der Waals surface area contributed by atoms with E-state index in [1.54, 1.807) is 12.1 Å². The maximum atomic E-state index is 13.5. The lowest BCUT2D eigenvalue weighted by Gasteiger charge is -2.12. The lowest BCUT2D eigenvalue weighted by Crippen LogP contribution is -2.25. The Hall–Kier alpha value is -0.590. The van der Waals surface area contributed by atoms with Crippen LogP contribution in [0.15, 0.2) is 22.7 Å². The van der Waals surface area contributed by atoms with E-state index in [0.29, 0.717) is 22.9 Å². The van der Waals surface area contributed by atoms with Crippen LogP contribution in [0.1, 0.15) is 12.0 Å². The second kappa shape index (κ2) is 7.76. The number of ether oxygens (including phenoxy) is 1. The van der Waals surface area contributed by atoms with Crippen LogP contribution in [0, 0.1) is 5.82 Å². The molecule has 102 valence electrons. The fraction of sp³-hybridized carbons (Fsp3) is 0.500. The fourth-order valence-electron chi connectivity index (χ4n) is 1.48. The van der Waals surface area contributed by atoms with Gasteiger partial charge >= 0.3 is 0 Å². The highest BCUT2D eigenvalue weighted by Crippen LogP contribution is 2.16. The topological polar surface area (TPSA) is 35.2 Å². The summed E-state index contributed by atoms with van der Waals surface area (Å²) in [4.78, 5) is 0. The molecule has 0 saturated carbocycles. The van der Waals surface area contributed by atoms with Crippen molar-refractivity contribution in [3.8, 4) is 0 Å². The van der Waals surface area contributed by atoms with Crippen LogP contribution in [0.2, 0.25) is 0 Å². The normalized spacial score (nSPS) is 13.0. The molecule has 1 unspecified atom stereocenters. The molecule has 0 fully saturated rings. The van der Waals surface area contributed by atoms with Gasteiger partial charge < -0.3 is 10.5 Å². The molecule has 0 bridgehead atoms. The Morgan fingerprint density at radius 2 is 2.06 bits per heavy atom. The summed E-state index contributed by atoms with van der Waals surface area (Å²) < 4.78 is 42.4. The van der Waals surface area contributed by atoms with Crippen LogP contribution in [-0.4, -0.2) is 25.7 Å². The van der Waals surface area contributed by atoms with Gasteiger partial charge in [-0.2, -0.15) is 0 Å². The molecule has 6 heteroatoms. The maximum absolute atomic E-state index is 13.5. The molecule has 2 N–H and O–H groups in total. The van der Waals surface area contributed by atoms with Gasteiger partial charge in [0.05, 0.1) is 0 Å². The summed E-state index contributed by atoms with van der Waals surface area (Å²) in [6.45, 7) is -0.428. The molecule has 0 amide bonds. The molecule has 0 aliphatic carbocycles. The summed E-state index contributed by atoms with van der Waals surface area (Å²) in [5.74, 6) is -0.326. The third-order valence-corrected chi connectivity index (χ3v) is 2.87. The van der Waals surface area contributed by atoms with Gasteiger partial charge in [0.15, 0.2) is 0 Å². The molecule has 1 atom stereocenters. The highest BCUT2D eigenvalue weighted by molar-refractivity contribution is 9.10.